The van der Waals surface area contributed by atoms with Crippen LogP contribution in [0.25, 0.3) is 0 Å². The Morgan fingerprint density at radius 3 is 2.64 bits per heavy atom. The fraction of sp³-hybridized carbons (Fsp3) is 0.333. The van der Waals surface area contributed by atoms with Crippen molar-refractivity contribution in [3.63, 3.8) is 0 Å². The van der Waals surface area contributed by atoms with Gasteiger partial charge in [-0.3, -0.25) is 14.9 Å². The van der Waals surface area contributed by atoms with Gasteiger partial charge in [0.1, 0.15) is 5.82 Å². The Kier molecular flexibility index (Phi) is 4.92. The molecule has 1 N–H and O–H groups in total. The summed E-state index contributed by atoms with van der Waals surface area (Å²) in [5.41, 5.74) is 1.61. The average Bonchev–Trinajstić information content (AvgIpc) is 3.14. The van der Waals surface area contributed by atoms with Gasteiger partial charge in [0.05, 0.1) is 10.5 Å². The summed E-state index contributed by atoms with van der Waals surface area (Å²) >= 11 is 0. The first-order valence-electron chi connectivity index (χ1n) is 8.28. The molecule has 0 saturated carbocycles. The van der Waals surface area contributed by atoms with Gasteiger partial charge in [-0.05, 0) is 43.5 Å². The number of hydrogen-bond acceptors (Lipinski definition) is 6. The van der Waals surface area contributed by atoms with Gasteiger partial charge in [0.25, 0.3) is 5.69 Å². The number of benzene rings is 1. The molecule has 1 fully saturated rings. The van der Waals surface area contributed by atoms with Crippen LogP contribution in [-0.4, -0.2) is 28.8 Å². The molecule has 1 saturated heterocycles. The van der Waals surface area contributed by atoms with Crippen molar-refractivity contribution in [3.05, 3.63) is 57.8 Å². The molecule has 2 aromatic rings. The van der Waals surface area contributed by atoms with Crippen LogP contribution in [0.15, 0.2) is 36.5 Å². The zero-order chi connectivity index (χ0) is 17.8. The first-order chi connectivity index (χ1) is 12.0. The fourth-order valence-corrected chi connectivity index (χ4v) is 2.95. The van der Waals surface area contributed by atoms with Crippen LogP contribution >= 0.6 is 0 Å². The molecule has 7 nitrogen and oxygen atoms in total. The molecule has 1 aromatic heterocycles. The molecule has 0 aliphatic carbocycles. The van der Waals surface area contributed by atoms with Crippen molar-refractivity contribution >= 4 is 23.0 Å². The summed E-state index contributed by atoms with van der Waals surface area (Å²) in [4.78, 5) is 28.8. The second-order valence-electron chi connectivity index (χ2n) is 6.12. The zero-order valence-electron chi connectivity index (χ0n) is 14.1. The minimum atomic E-state index is -0.540. The number of aromatic nitrogens is 1. The monoisotopic (exact) mass is 340 g/mol. The second-order valence-corrected chi connectivity index (χ2v) is 6.12. The van der Waals surface area contributed by atoms with E-state index in [4.69, 9.17) is 0 Å². The molecule has 0 amide bonds. The molecule has 0 bridgehead atoms. The number of rotatable bonds is 6. The van der Waals surface area contributed by atoms with E-state index in [-0.39, 0.29) is 17.0 Å². The van der Waals surface area contributed by atoms with Crippen molar-refractivity contribution in [1.29, 1.82) is 0 Å². The third-order valence-electron chi connectivity index (χ3n) is 4.31. The standard InChI is InChI=1S/C18H20N4O3/c1-13(23)16-10-15(5-6-17(16)22(24)25)19-11-14-4-7-18(20-12-14)21-8-2-3-9-21/h4-7,10,12,19H,2-3,8-9,11H2,1H3. The SMILES string of the molecule is CC(=O)c1cc(NCc2ccc(N3CCCC3)nc2)ccc1[N+](=O)[O-]. The smallest absolute Gasteiger partial charge is 0.280 e. The number of carbonyl (C=O) groups is 1. The molecule has 7 heteroatoms. The van der Waals surface area contributed by atoms with Crippen LogP contribution in [0.4, 0.5) is 17.2 Å². The minimum Gasteiger partial charge on any atom is -0.381 e. The lowest BCUT2D eigenvalue weighted by Crippen LogP contribution is -2.18. The molecule has 0 spiro atoms. The van der Waals surface area contributed by atoms with Crippen LogP contribution in [-0.2, 0) is 6.54 Å². The molecule has 2 heterocycles. The summed E-state index contributed by atoms with van der Waals surface area (Å²) < 4.78 is 0. The number of nitrogens with zero attached hydrogens (tertiary/aromatic N) is 3. The predicted octanol–water partition coefficient (Wildman–Crippen LogP) is 3.40. The van der Waals surface area contributed by atoms with Crippen molar-refractivity contribution in [2.75, 3.05) is 23.3 Å². The van der Waals surface area contributed by atoms with Gasteiger partial charge in [0, 0.05) is 37.6 Å². The number of nitro benzene ring substituents is 1. The maximum Gasteiger partial charge on any atom is 0.280 e. The van der Waals surface area contributed by atoms with Gasteiger partial charge in [-0.2, -0.15) is 0 Å². The topological polar surface area (TPSA) is 88.4 Å². The highest BCUT2D eigenvalue weighted by Gasteiger charge is 2.17. The fourth-order valence-electron chi connectivity index (χ4n) is 2.95. The van der Waals surface area contributed by atoms with Crippen LogP contribution < -0.4 is 10.2 Å². The number of hydrogen-bond donors (Lipinski definition) is 1. The van der Waals surface area contributed by atoms with Crippen molar-refractivity contribution < 1.29 is 9.72 Å². The summed E-state index contributed by atoms with van der Waals surface area (Å²) in [5, 5.41) is 14.2. The molecule has 0 unspecified atom stereocenters. The van der Waals surface area contributed by atoms with Gasteiger partial charge in [0.15, 0.2) is 5.78 Å². The number of nitrogens with one attached hydrogen (secondary N) is 1. The second kappa shape index (κ2) is 7.29. The van der Waals surface area contributed by atoms with E-state index in [9.17, 15) is 14.9 Å². The first kappa shape index (κ1) is 16.9. The van der Waals surface area contributed by atoms with Crippen LogP contribution in [0.1, 0.15) is 35.7 Å². The van der Waals surface area contributed by atoms with Crippen molar-refractivity contribution in [1.82, 2.24) is 4.98 Å². The third-order valence-corrected chi connectivity index (χ3v) is 4.31. The summed E-state index contributed by atoms with van der Waals surface area (Å²) in [7, 11) is 0. The number of Topliss-reactive ketones (excluding diaryl/α,β-unsaturated/α-hetero) is 1. The van der Waals surface area contributed by atoms with Crippen molar-refractivity contribution in [2.45, 2.75) is 26.3 Å². The number of ketones is 1. The van der Waals surface area contributed by atoms with Crippen LogP contribution in [0.5, 0.6) is 0 Å². The van der Waals surface area contributed by atoms with E-state index in [1.807, 2.05) is 18.3 Å². The van der Waals surface area contributed by atoms with E-state index < -0.39 is 4.92 Å². The van der Waals surface area contributed by atoms with Gasteiger partial charge in [0.2, 0.25) is 0 Å². The summed E-state index contributed by atoms with van der Waals surface area (Å²) in [6.45, 7) is 3.97. The highest BCUT2D eigenvalue weighted by Crippen LogP contribution is 2.24. The Labute approximate surface area is 145 Å². The van der Waals surface area contributed by atoms with Gasteiger partial charge < -0.3 is 10.2 Å². The Hall–Kier alpha value is -2.96. The minimum absolute atomic E-state index is 0.109. The molecule has 0 radical (unpaired) electrons. The summed E-state index contributed by atoms with van der Waals surface area (Å²) in [6.07, 6.45) is 4.26. The molecule has 1 aliphatic heterocycles. The largest absolute Gasteiger partial charge is 0.381 e. The van der Waals surface area contributed by atoms with E-state index >= 15 is 0 Å². The van der Waals surface area contributed by atoms with E-state index in [1.165, 1.54) is 31.9 Å². The van der Waals surface area contributed by atoms with Crippen LogP contribution in [0.3, 0.4) is 0 Å². The lowest BCUT2D eigenvalue weighted by Gasteiger charge is -2.16. The molecule has 3 rings (SSSR count). The van der Waals surface area contributed by atoms with E-state index in [1.54, 1.807) is 6.07 Å². The quantitative estimate of drug-likeness (QED) is 0.492. The lowest BCUT2D eigenvalue weighted by molar-refractivity contribution is -0.385. The Balaban J connectivity index is 1.67. The molecular weight excluding hydrogens is 320 g/mol. The van der Waals surface area contributed by atoms with Crippen LogP contribution in [0, 0.1) is 10.1 Å². The van der Waals surface area contributed by atoms with Gasteiger partial charge in [-0.15, -0.1) is 0 Å². The highest BCUT2D eigenvalue weighted by molar-refractivity contribution is 5.99. The van der Waals surface area contributed by atoms with E-state index in [0.717, 1.165) is 24.5 Å². The average molecular weight is 340 g/mol. The molecule has 130 valence electrons. The molecule has 1 aliphatic rings. The van der Waals surface area contributed by atoms with Gasteiger partial charge >= 0.3 is 0 Å². The first-order valence-corrected chi connectivity index (χ1v) is 8.28. The maximum absolute atomic E-state index is 11.6. The Bertz CT molecular complexity index is 783. The maximum atomic E-state index is 11.6. The Morgan fingerprint density at radius 2 is 2.04 bits per heavy atom. The van der Waals surface area contributed by atoms with Crippen molar-refractivity contribution in [3.8, 4) is 0 Å². The number of carbonyl (C=O) groups excluding carboxylic acids is 1. The number of nitro groups is 1. The molecule has 1 aromatic carbocycles. The van der Waals surface area contributed by atoms with E-state index in [2.05, 4.69) is 15.2 Å². The molecule has 0 atom stereocenters. The normalized spacial score (nSPS) is 13.7. The predicted molar refractivity (Wildman–Crippen MR) is 96.1 cm³/mol. The number of pyridine rings is 1. The zero-order valence-corrected chi connectivity index (χ0v) is 14.1. The van der Waals surface area contributed by atoms with Crippen molar-refractivity contribution in [2.24, 2.45) is 0 Å². The summed E-state index contributed by atoms with van der Waals surface area (Å²) in [6, 6.07) is 8.51. The number of anilines is 2. The highest BCUT2D eigenvalue weighted by atomic mass is 16.6. The molecular formula is C18H20N4O3. The van der Waals surface area contributed by atoms with E-state index in [0.29, 0.717) is 12.2 Å². The third kappa shape index (κ3) is 3.93. The summed E-state index contributed by atoms with van der Waals surface area (Å²) in [5.74, 6) is 0.669. The van der Waals surface area contributed by atoms with Gasteiger partial charge in [-0.25, -0.2) is 4.98 Å². The molecule has 25 heavy (non-hydrogen) atoms. The lowest BCUT2D eigenvalue weighted by atomic mass is 10.1. The van der Waals surface area contributed by atoms with Crippen LogP contribution in [0.2, 0.25) is 0 Å². The Morgan fingerprint density at radius 1 is 1.28 bits per heavy atom. The van der Waals surface area contributed by atoms with Gasteiger partial charge in [-0.1, -0.05) is 6.07 Å².